The van der Waals surface area contributed by atoms with E-state index < -0.39 is 0 Å². The number of nitrogens with one attached hydrogen (secondary N) is 2. The van der Waals surface area contributed by atoms with Crippen molar-refractivity contribution in [3.8, 4) is 11.3 Å². The van der Waals surface area contributed by atoms with Gasteiger partial charge in [0, 0.05) is 29.6 Å². The lowest BCUT2D eigenvalue weighted by molar-refractivity contribution is 0.383. The summed E-state index contributed by atoms with van der Waals surface area (Å²) in [5.74, 6) is 3.18. The number of nitrogens with zero attached hydrogens (tertiary/aromatic N) is 1. The fraction of sp³-hybridized carbons (Fsp3) is 0.550. The van der Waals surface area contributed by atoms with E-state index in [-0.39, 0.29) is 0 Å². The van der Waals surface area contributed by atoms with Gasteiger partial charge in [0.05, 0.1) is 10.0 Å². The molecule has 4 nitrogen and oxygen atoms in total. The molecule has 2 N–H and O–H groups in total. The molecule has 2 aromatic rings. The van der Waals surface area contributed by atoms with Crippen molar-refractivity contribution in [3.63, 3.8) is 0 Å². The van der Waals surface area contributed by atoms with Crippen molar-refractivity contribution >= 4 is 23.2 Å². The molecule has 138 valence electrons. The van der Waals surface area contributed by atoms with Crippen LogP contribution < -0.4 is 10.6 Å². The van der Waals surface area contributed by atoms with Crippen LogP contribution in [-0.4, -0.2) is 24.3 Å². The van der Waals surface area contributed by atoms with E-state index in [2.05, 4.69) is 15.8 Å². The quantitative estimate of drug-likeness (QED) is 0.780. The first-order valence-corrected chi connectivity index (χ1v) is 10.3. The van der Waals surface area contributed by atoms with Crippen LogP contribution in [0.1, 0.15) is 42.9 Å². The first kappa shape index (κ1) is 17.1. The van der Waals surface area contributed by atoms with Crippen LogP contribution in [0.25, 0.3) is 11.3 Å². The minimum Gasteiger partial charge on any atom is -0.360 e. The Hall–Kier alpha value is -1.07. The van der Waals surface area contributed by atoms with Crippen LogP contribution in [0.5, 0.6) is 0 Å². The van der Waals surface area contributed by atoms with E-state index in [0.717, 1.165) is 41.0 Å². The van der Waals surface area contributed by atoms with E-state index in [9.17, 15) is 0 Å². The van der Waals surface area contributed by atoms with Crippen LogP contribution in [0.3, 0.4) is 0 Å². The van der Waals surface area contributed by atoms with Gasteiger partial charge in [-0.25, -0.2) is 0 Å². The molecule has 6 heteroatoms. The van der Waals surface area contributed by atoms with Crippen molar-refractivity contribution in [2.45, 2.75) is 44.2 Å². The Bertz CT molecular complexity index is 785. The maximum atomic E-state index is 6.44. The minimum absolute atomic E-state index is 0.501. The highest BCUT2D eigenvalue weighted by Crippen LogP contribution is 2.46. The number of benzene rings is 1. The molecule has 0 spiro atoms. The SMILES string of the molecule is Clc1cccc(Cl)c1-c1noc(C2CC2)c1CNC1C[C@H]2CNC[C@H]2C1. The second kappa shape index (κ2) is 6.83. The molecular weight excluding hydrogens is 369 g/mol. The van der Waals surface area contributed by atoms with E-state index in [1.165, 1.54) is 38.8 Å². The molecule has 2 heterocycles. The lowest BCUT2D eigenvalue weighted by Gasteiger charge is -2.15. The van der Waals surface area contributed by atoms with Gasteiger partial charge >= 0.3 is 0 Å². The predicted octanol–water partition coefficient (Wildman–Crippen LogP) is 4.61. The van der Waals surface area contributed by atoms with Gasteiger partial charge in [0.2, 0.25) is 0 Å². The summed E-state index contributed by atoms with van der Waals surface area (Å²) in [7, 11) is 0. The molecule has 3 fully saturated rings. The Morgan fingerprint density at radius 3 is 2.46 bits per heavy atom. The van der Waals surface area contributed by atoms with Gasteiger partial charge in [0.25, 0.3) is 0 Å². The Labute approximate surface area is 163 Å². The molecule has 1 aromatic heterocycles. The topological polar surface area (TPSA) is 50.1 Å². The first-order valence-electron chi connectivity index (χ1n) is 9.57. The van der Waals surface area contributed by atoms with Crippen LogP contribution in [0, 0.1) is 11.8 Å². The summed E-state index contributed by atoms with van der Waals surface area (Å²) in [6.07, 6.45) is 4.86. The van der Waals surface area contributed by atoms with Crippen LogP contribution in [0.4, 0.5) is 0 Å². The summed E-state index contributed by atoms with van der Waals surface area (Å²) in [6.45, 7) is 3.11. The molecule has 0 amide bonds. The van der Waals surface area contributed by atoms with Crippen molar-refractivity contribution in [3.05, 3.63) is 39.6 Å². The number of fused-ring (bicyclic) bond motifs is 1. The molecule has 0 radical (unpaired) electrons. The van der Waals surface area contributed by atoms with Crippen molar-refractivity contribution in [1.29, 1.82) is 0 Å². The molecule has 3 aliphatic rings. The van der Waals surface area contributed by atoms with Gasteiger partial charge in [-0.1, -0.05) is 34.4 Å². The molecule has 5 rings (SSSR count). The van der Waals surface area contributed by atoms with Crippen molar-refractivity contribution in [2.24, 2.45) is 11.8 Å². The van der Waals surface area contributed by atoms with E-state index in [1.807, 2.05) is 18.2 Å². The average Bonchev–Trinajstić information content (AvgIpc) is 3.04. The number of aromatic nitrogens is 1. The number of halogens is 2. The first-order chi connectivity index (χ1) is 12.7. The smallest absolute Gasteiger partial charge is 0.144 e. The second-order valence-corrected chi connectivity index (χ2v) is 8.79. The standard InChI is InChI=1S/C20H23Cl2N3O/c21-16-2-1-3-17(22)18(16)19-15(20(26-25-19)11-4-5-11)10-24-14-6-12-8-23-9-13(12)7-14/h1-3,11-14,23-24H,4-10H2/t12-,13+,14?. The van der Waals surface area contributed by atoms with Gasteiger partial charge in [0.15, 0.2) is 0 Å². The van der Waals surface area contributed by atoms with Crippen molar-refractivity contribution in [2.75, 3.05) is 13.1 Å². The largest absolute Gasteiger partial charge is 0.360 e. The highest BCUT2D eigenvalue weighted by atomic mass is 35.5. The normalized spacial score (nSPS) is 27.8. The minimum atomic E-state index is 0.501. The fourth-order valence-electron chi connectivity index (χ4n) is 4.66. The number of hydrogen-bond acceptors (Lipinski definition) is 4. The zero-order chi connectivity index (χ0) is 17.7. The molecule has 0 bridgehead atoms. The van der Waals surface area contributed by atoms with Gasteiger partial charge in [-0.15, -0.1) is 0 Å². The van der Waals surface area contributed by atoms with Crippen molar-refractivity contribution < 1.29 is 4.52 Å². The fourth-order valence-corrected chi connectivity index (χ4v) is 5.24. The van der Waals surface area contributed by atoms with Crippen molar-refractivity contribution in [1.82, 2.24) is 15.8 Å². The lowest BCUT2D eigenvalue weighted by atomic mass is 10.0. The van der Waals surface area contributed by atoms with Crippen LogP contribution in [-0.2, 0) is 6.54 Å². The maximum absolute atomic E-state index is 6.44. The van der Waals surface area contributed by atoms with E-state index in [1.54, 1.807) is 0 Å². The monoisotopic (exact) mass is 391 g/mol. The number of hydrogen-bond donors (Lipinski definition) is 2. The Morgan fingerprint density at radius 1 is 1.12 bits per heavy atom. The zero-order valence-electron chi connectivity index (χ0n) is 14.6. The summed E-state index contributed by atoms with van der Waals surface area (Å²) in [5.41, 5.74) is 2.73. The van der Waals surface area contributed by atoms with Crippen LogP contribution >= 0.6 is 23.2 Å². The Balaban J connectivity index is 1.41. The van der Waals surface area contributed by atoms with Gasteiger partial charge in [0.1, 0.15) is 11.5 Å². The molecule has 1 aromatic carbocycles. The molecule has 1 saturated heterocycles. The van der Waals surface area contributed by atoms with Crippen LogP contribution in [0.2, 0.25) is 10.0 Å². The highest BCUT2D eigenvalue weighted by Gasteiger charge is 2.38. The molecule has 3 atom stereocenters. The van der Waals surface area contributed by atoms with E-state index >= 15 is 0 Å². The molecule has 2 aliphatic carbocycles. The third-order valence-electron chi connectivity index (χ3n) is 6.19. The summed E-state index contributed by atoms with van der Waals surface area (Å²) in [6, 6.07) is 6.15. The molecule has 1 unspecified atom stereocenters. The van der Waals surface area contributed by atoms with Gasteiger partial charge in [-0.05, 0) is 62.7 Å². The average molecular weight is 392 g/mol. The van der Waals surface area contributed by atoms with E-state index in [4.69, 9.17) is 27.7 Å². The second-order valence-electron chi connectivity index (χ2n) is 7.97. The third-order valence-corrected chi connectivity index (χ3v) is 6.82. The maximum Gasteiger partial charge on any atom is 0.144 e. The molecule has 2 saturated carbocycles. The summed E-state index contributed by atoms with van der Waals surface area (Å²) < 4.78 is 5.76. The summed E-state index contributed by atoms with van der Waals surface area (Å²) in [4.78, 5) is 0. The summed E-state index contributed by atoms with van der Waals surface area (Å²) >= 11 is 12.9. The molecule has 26 heavy (non-hydrogen) atoms. The number of rotatable bonds is 5. The van der Waals surface area contributed by atoms with Gasteiger partial charge < -0.3 is 15.2 Å². The Kier molecular flexibility index (Phi) is 4.48. The van der Waals surface area contributed by atoms with Gasteiger partial charge in [-0.3, -0.25) is 0 Å². The van der Waals surface area contributed by atoms with E-state index in [0.29, 0.717) is 22.0 Å². The zero-order valence-corrected chi connectivity index (χ0v) is 16.1. The molecular formula is C20H23Cl2N3O. The third kappa shape index (κ3) is 3.07. The summed E-state index contributed by atoms with van der Waals surface area (Å²) in [5, 5.41) is 12.9. The predicted molar refractivity (Wildman–Crippen MR) is 104 cm³/mol. The van der Waals surface area contributed by atoms with Gasteiger partial charge in [-0.2, -0.15) is 0 Å². The molecule has 1 aliphatic heterocycles. The van der Waals surface area contributed by atoms with Crippen LogP contribution in [0.15, 0.2) is 22.7 Å². The Morgan fingerprint density at radius 2 is 1.81 bits per heavy atom. The highest BCUT2D eigenvalue weighted by molar-refractivity contribution is 6.39. The lowest BCUT2D eigenvalue weighted by Crippen LogP contribution is -2.28.